The third kappa shape index (κ3) is 5.53. The average Bonchev–Trinajstić information content (AvgIpc) is 2.13. The Morgan fingerprint density at radius 2 is 1.79 bits per heavy atom. The van der Waals surface area contributed by atoms with Gasteiger partial charge in [0.1, 0.15) is 9.92 Å². The lowest BCUT2D eigenvalue weighted by atomic mass is 10.3. The molecule has 0 aliphatic rings. The van der Waals surface area contributed by atoms with E-state index in [0.717, 1.165) is 12.1 Å². The Kier molecular flexibility index (Phi) is 6.39. The molecule has 19 heavy (non-hydrogen) atoms. The molecule has 1 aromatic carbocycles. The van der Waals surface area contributed by atoms with E-state index in [0.29, 0.717) is 0 Å². The lowest BCUT2D eigenvalue weighted by molar-refractivity contribution is -0.384. The minimum atomic E-state index is -4.69. The second kappa shape index (κ2) is 6.82. The standard InChI is InChI=1S/C6H3Cl2NO5S.CH4N2S/c7-3-1-2-4(9(10)11)5(8)6(3)15(12,13)14;2-1(3)4/h1-2H,(H,12,13,14);(H4,2,3,4). The Balaban J connectivity index is 0.000000711. The summed E-state index contributed by atoms with van der Waals surface area (Å²) in [5.41, 5.74) is 8.60. The van der Waals surface area contributed by atoms with Gasteiger partial charge in [-0.1, -0.05) is 23.2 Å². The molecule has 0 aliphatic carbocycles. The second-order valence-electron chi connectivity index (χ2n) is 2.84. The van der Waals surface area contributed by atoms with Crippen molar-refractivity contribution in [2.24, 2.45) is 11.5 Å². The van der Waals surface area contributed by atoms with Crippen LogP contribution in [0.25, 0.3) is 0 Å². The number of hydrogen-bond acceptors (Lipinski definition) is 5. The van der Waals surface area contributed by atoms with Crippen LogP contribution in [0.5, 0.6) is 0 Å². The number of hydrogen-bond donors (Lipinski definition) is 3. The Morgan fingerprint density at radius 3 is 2.11 bits per heavy atom. The molecule has 0 fully saturated rings. The monoisotopic (exact) mass is 347 g/mol. The minimum Gasteiger partial charge on any atom is -0.377 e. The summed E-state index contributed by atoms with van der Waals surface area (Å²) in [6.07, 6.45) is 0. The van der Waals surface area contributed by atoms with Crippen LogP contribution in [0.1, 0.15) is 0 Å². The molecule has 1 rings (SSSR count). The fraction of sp³-hybridized carbons (Fsp3) is 0. The minimum absolute atomic E-state index is 0.000000000000000222. The third-order valence-corrected chi connectivity index (χ3v) is 3.34. The van der Waals surface area contributed by atoms with Crippen molar-refractivity contribution in [2.45, 2.75) is 4.90 Å². The van der Waals surface area contributed by atoms with Gasteiger partial charge >= 0.3 is 0 Å². The molecule has 0 aliphatic heterocycles. The summed E-state index contributed by atoms with van der Waals surface area (Å²) >= 11 is 15.0. The number of nitro benzene ring substituents is 1. The van der Waals surface area contributed by atoms with Crippen molar-refractivity contribution >= 4 is 56.3 Å². The van der Waals surface area contributed by atoms with Crippen molar-refractivity contribution in [2.75, 3.05) is 0 Å². The molecule has 0 heterocycles. The van der Waals surface area contributed by atoms with E-state index in [1.807, 2.05) is 0 Å². The van der Waals surface area contributed by atoms with E-state index in [4.69, 9.17) is 27.8 Å². The second-order valence-corrected chi connectivity index (χ2v) is 5.46. The fourth-order valence-electron chi connectivity index (χ4n) is 0.900. The van der Waals surface area contributed by atoms with Gasteiger partial charge in [0, 0.05) is 6.07 Å². The van der Waals surface area contributed by atoms with Gasteiger partial charge < -0.3 is 11.5 Å². The molecular formula is C7H7Cl2N3O5S2. The van der Waals surface area contributed by atoms with Crippen LogP contribution in [0.3, 0.4) is 0 Å². The number of nitro groups is 1. The number of thiocarbonyl (C=S) groups is 1. The molecule has 5 N–H and O–H groups in total. The summed E-state index contributed by atoms with van der Waals surface area (Å²) in [5, 5.41) is 9.32. The molecule has 8 nitrogen and oxygen atoms in total. The molecule has 1 aromatic rings. The average molecular weight is 348 g/mol. The van der Waals surface area contributed by atoms with Gasteiger partial charge in [-0.3, -0.25) is 14.7 Å². The van der Waals surface area contributed by atoms with Gasteiger partial charge in [-0.2, -0.15) is 8.42 Å². The first-order chi connectivity index (χ1) is 8.48. The van der Waals surface area contributed by atoms with Crippen LogP contribution in [0.4, 0.5) is 5.69 Å². The van der Waals surface area contributed by atoms with E-state index in [9.17, 15) is 18.5 Å². The molecule has 106 valence electrons. The van der Waals surface area contributed by atoms with Crippen LogP contribution in [0, 0.1) is 10.1 Å². The van der Waals surface area contributed by atoms with Gasteiger partial charge in [0.15, 0.2) is 5.11 Å². The van der Waals surface area contributed by atoms with Crippen molar-refractivity contribution in [3.8, 4) is 0 Å². The van der Waals surface area contributed by atoms with Crippen LogP contribution >= 0.6 is 35.4 Å². The summed E-state index contributed by atoms with van der Waals surface area (Å²) in [4.78, 5) is 8.67. The number of rotatable bonds is 2. The summed E-state index contributed by atoms with van der Waals surface area (Å²) in [6.45, 7) is 0. The van der Waals surface area contributed by atoms with Crippen LogP contribution in [0.2, 0.25) is 10.0 Å². The maximum atomic E-state index is 10.8. The van der Waals surface area contributed by atoms with Gasteiger partial charge in [0.2, 0.25) is 0 Å². The summed E-state index contributed by atoms with van der Waals surface area (Å²) in [5.74, 6) is 0. The van der Waals surface area contributed by atoms with E-state index in [2.05, 4.69) is 23.7 Å². The fourth-order valence-corrected chi connectivity index (χ4v) is 2.57. The molecule has 0 saturated carbocycles. The summed E-state index contributed by atoms with van der Waals surface area (Å²) in [6, 6.07) is 1.91. The molecule has 0 bridgehead atoms. The Labute approximate surface area is 123 Å². The molecular weight excluding hydrogens is 341 g/mol. The zero-order valence-electron chi connectivity index (χ0n) is 8.91. The zero-order chi connectivity index (χ0) is 15.4. The van der Waals surface area contributed by atoms with Gasteiger partial charge in [-0.25, -0.2) is 0 Å². The number of nitrogens with zero attached hydrogens (tertiary/aromatic N) is 1. The molecule has 12 heteroatoms. The predicted molar refractivity (Wildman–Crippen MR) is 73.9 cm³/mol. The van der Waals surface area contributed by atoms with Gasteiger partial charge in [-0.05, 0) is 18.3 Å². The van der Waals surface area contributed by atoms with Crippen molar-refractivity contribution in [3.63, 3.8) is 0 Å². The normalized spacial score (nSPS) is 10.3. The lowest BCUT2D eigenvalue weighted by Gasteiger charge is -2.03. The van der Waals surface area contributed by atoms with Crippen molar-refractivity contribution in [1.82, 2.24) is 0 Å². The SMILES string of the molecule is NC(N)=S.O=[N+]([O-])c1ccc(Cl)c(S(=O)(=O)O)c1Cl. The Hall–Kier alpha value is -1.20. The highest BCUT2D eigenvalue weighted by Crippen LogP contribution is 2.35. The van der Waals surface area contributed by atoms with Crippen molar-refractivity contribution in [1.29, 1.82) is 0 Å². The quantitative estimate of drug-likeness (QED) is 0.314. The first kappa shape index (κ1) is 17.8. The first-order valence-electron chi connectivity index (χ1n) is 4.13. The molecule has 0 spiro atoms. The summed E-state index contributed by atoms with van der Waals surface area (Å²) < 4.78 is 30.4. The molecule has 0 saturated heterocycles. The van der Waals surface area contributed by atoms with E-state index in [1.54, 1.807) is 0 Å². The van der Waals surface area contributed by atoms with Crippen LogP contribution in [-0.2, 0) is 10.1 Å². The largest absolute Gasteiger partial charge is 0.377 e. The van der Waals surface area contributed by atoms with Crippen LogP contribution in [-0.4, -0.2) is 23.0 Å². The molecule has 0 radical (unpaired) electrons. The number of nitrogens with two attached hydrogens (primary N) is 2. The zero-order valence-corrected chi connectivity index (χ0v) is 12.1. The van der Waals surface area contributed by atoms with E-state index in [-0.39, 0.29) is 10.1 Å². The molecule has 0 unspecified atom stereocenters. The van der Waals surface area contributed by atoms with E-state index < -0.39 is 30.6 Å². The topological polar surface area (TPSA) is 150 Å². The van der Waals surface area contributed by atoms with Crippen LogP contribution in [0.15, 0.2) is 17.0 Å². The van der Waals surface area contributed by atoms with E-state index in [1.165, 1.54) is 0 Å². The van der Waals surface area contributed by atoms with Gasteiger partial charge in [0.05, 0.1) is 9.95 Å². The highest BCUT2D eigenvalue weighted by molar-refractivity contribution is 7.86. The smallest absolute Gasteiger partial charge is 0.297 e. The molecule has 0 aromatic heterocycles. The lowest BCUT2D eigenvalue weighted by Crippen LogP contribution is -2.18. The maximum absolute atomic E-state index is 10.8. The third-order valence-electron chi connectivity index (χ3n) is 1.48. The van der Waals surface area contributed by atoms with E-state index >= 15 is 0 Å². The summed E-state index contributed by atoms with van der Waals surface area (Å²) in [7, 11) is -4.69. The van der Waals surface area contributed by atoms with Gasteiger partial charge in [0.25, 0.3) is 15.8 Å². The van der Waals surface area contributed by atoms with Crippen molar-refractivity contribution < 1.29 is 17.9 Å². The highest BCUT2D eigenvalue weighted by Gasteiger charge is 2.26. The first-order valence-corrected chi connectivity index (χ1v) is 6.73. The van der Waals surface area contributed by atoms with Crippen LogP contribution < -0.4 is 11.5 Å². The van der Waals surface area contributed by atoms with Gasteiger partial charge in [-0.15, -0.1) is 0 Å². The highest BCUT2D eigenvalue weighted by atomic mass is 35.5. The maximum Gasteiger partial charge on any atom is 0.297 e. The molecule has 0 atom stereocenters. The van der Waals surface area contributed by atoms with Crippen molar-refractivity contribution in [3.05, 3.63) is 32.3 Å². The predicted octanol–water partition coefficient (Wildman–Crippen LogP) is 1.34. The number of benzene rings is 1. The Morgan fingerprint density at radius 1 is 1.37 bits per heavy atom. The number of halogens is 2. The Bertz CT molecular complexity index is 615. The molecule has 0 amide bonds.